The second kappa shape index (κ2) is 7.08. The Labute approximate surface area is 130 Å². The van der Waals surface area contributed by atoms with Gasteiger partial charge in [-0.25, -0.2) is 12.7 Å². The van der Waals surface area contributed by atoms with E-state index in [1.807, 2.05) is 0 Å². The molecule has 8 heteroatoms. The highest BCUT2D eigenvalue weighted by molar-refractivity contribution is 7.89. The molecule has 1 fully saturated rings. The normalized spacial score (nSPS) is 15.9. The number of morpholine rings is 1. The van der Waals surface area contributed by atoms with Gasteiger partial charge in [-0.1, -0.05) is 0 Å². The van der Waals surface area contributed by atoms with Crippen molar-refractivity contribution in [2.45, 2.75) is 4.90 Å². The van der Waals surface area contributed by atoms with Crippen molar-refractivity contribution in [2.24, 2.45) is 0 Å². The van der Waals surface area contributed by atoms with Crippen LogP contribution in [-0.2, 0) is 19.6 Å². The number of benzene rings is 1. The molecule has 0 aliphatic carbocycles. The summed E-state index contributed by atoms with van der Waals surface area (Å²) in [7, 11) is -0.507. The first-order chi connectivity index (χ1) is 10.4. The minimum Gasteiger partial charge on any atom is -0.484 e. The Morgan fingerprint density at radius 2 is 1.82 bits per heavy atom. The maximum absolute atomic E-state index is 11.9. The third kappa shape index (κ3) is 3.96. The topological polar surface area (TPSA) is 76.2 Å². The van der Waals surface area contributed by atoms with Gasteiger partial charge in [0.15, 0.2) is 6.61 Å². The van der Waals surface area contributed by atoms with E-state index >= 15 is 0 Å². The molecule has 2 rings (SSSR count). The van der Waals surface area contributed by atoms with E-state index in [1.165, 1.54) is 26.2 Å². The molecule has 1 amide bonds. The van der Waals surface area contributed by atoms with Crippen LogP contribution in [0.4, 0.5) is 0 Å². The first kappa shape index (κ1) is 16.7. The number of ether oxygens (including phenoxy) is 2. The van der Waals surface area contributed by atoms with Crippen LogP contribution >= 0.6 is 0 Å². The second-order valence-electron chi connectivity index (χ2n) is 5.04. The van der Waals surface area contributed by atoms with Crippen LogP contribution < -0.4 is 4.74 Å². The summed E-state index contributed by atoms with van der Waals surface area (Å²) < 4.78 is 35.6. The summed E-state index contributed by atoms with van der Waals surface area (Å²) in [5, 5.41) is 0. The highest BCUT2D eigenvalue weighted by Crippen LogP contribution is 2.18. The zero-order valence-electron chi connectivity index (χ0n) is 12.7. The Kier molecular flexibility index (Phi) is 5.38. The second-order valence-corrected chi connectivity index (χ2v) is 7.19. The van der Waals surface area contributed by atoms with Gasteiger partial charge in [0, 0.05) is 27.2 Å². The zero-order chi connectivity index (χ0) is 16.2. The van der Waals surface area contributed by atoms with E-state index in [-0.39, 0.29) is 17.4 Å². The molecule has 0 atom stereocenters. The summed E-state index contributed by atoms with van der Waals surface area (Å²) in [5.74, 6) is 0.354. The number of hydrogen-bond acceptors (Lipinski definition) is 5. The van der Waals surface area contributed by atoms with Crippen molar-refractivity contribution >= 4 is 15.9 Å². The van der Waals surface area contributed by atoms with Gasteiger partial charge in [0.05, 0.1) is 18.1 Å². The molecule has 7 nitrogen and oxygen atoms in total. The number of nitrogens with zero attached hydrogens (tertiary/aromatic N) is 2. The van der Waals surface area contributed by atoms with Gasteiger partial charge in [0.25, 0.3) is 5.91 Å². The lowest BCUT2D eigenvalue weighted by Gasteiger charge is -2.26. The summed E-state index contributed by atoms with van der Waals surface area (Å²) in [4.78, 5) is 13.8. The van der Waals surface area contributed by atoms with Crippen molar-refractivity contribution in [1.82, 2.24) is 9.21 Å². The standard InChI is InChI=1S/C14H20N2O5S/c1-15(2)22(18,19)13-5-3-12(4-6-13)21-11-14(17)16-7-9-20-10-8-16/h3-6H,7-11H2,1-2H3. The summed E-state index contributed by atoms with van der Waals surface area (Å²) in [6.45, 7) is 2.16. The minimum atomic E-state index is -3.45. The third-order valence-electron chi connectivity index (χ3n) is 3.33. The first-order valence-corrected chi connectivity index (χ1v) is 8.36. The highest BCUT2D eigenvalue weighted by Gasteiger charge is 2.18. The number of carbonyl (C=O) groups is 1. The summed E-state index contributed by atoms with van der Waals surface area (Å²) >= 11 is 0. The van der Waals surface area contributed by atoms with E-state index in [9.17, 15) is 13.2 Å². The number of hydrogen-bond donors (Lipinski definition) is 0. The molecular formula is C14H20N2O5S. The average Bonchev–Trinajstić information content (AvgIpc) is 2.53. The molecule has 1 aromatic rings. The predicted molar refractivity (Wildman–Crippen MR) is 80.2 cm³/mol. The summed E-state index contributed by atoms with van der Waals surface area (Å²) in [5.41, 5.74) is 0. The molecule has 0 bridgehead atoms. The molecule has 0 aromatic heterocycles. The molecule has 1 aliphatic heterocycles. The molecule has 1 saturated heterocycles. The van der Waals surface area contributed by atoms with Crippen LogP contribution in [0.15, 0.2) is 29.2 Å². The SMILES string of the molecule is CN(C)S(=O)(=O)c1ccc(OCC(=O)N2CCOCC2)cc1. The fourth-order valence-corrected chi connectivity index (χ4v) is 2.87. The van der Waals surface area contributed by atoms with Crippen LogP contribution in [0.1, 0.15) is 0 Å². The number of sulfonamides is 1. The van der Waals surface area contributed by atoms with Crippen molar-refractivity contribution in [2.75, 3.05) is 47.0 Å². The smallest absolute Gasteiger partial charge is 0.260 e. The summed E-state index contributed by atoms with van der Waals surface area (Å²) in [6, 6.07) is 6.01. The Morgan fingerprint density at radius 3 is 2.36 bits per heavy atom. The number of amides is 1. The van der Waals surface area contributed by atoms with Crippen molar-refractivity contribution in [3.05, 3.63) is 24.3 Å². The van der Waals surface area contributed by atoms with Crippen LogP contribution in [0.5, 0.6) is 5.75 Å². The van der Waals surface area contributed by atoms with E-state index in [4.69, 9.17) is 9.47 Å². The largest absolute Gasteiger partial charge is 0.484 e. The van der Waals surface area contributed by atoms with Gasteiger partial charge in [-0.2, -0.15) is 0 Å². The van der Waals surface area contributed by atoms with E-state index in [0.29, 0.717) is 32.1 Å². The quantitative estimate of drug-likeness (QED) is 0.770. The van der Waals surface area contributed by atoms with Crippen molar-refractivity contribution in [3.63, 3.8) is 0 Å². The molecular weight excluding hydrogens is 308 g/mol. The van der Waals surface area contributed by atoms with Crippen molar-refractivity contribution in [3.8, 4) is 5.75 Å². The maximum Gasteiger partial charge on any atom is 0.260 e. The summed E-state index contributed by atoms with van der Waals surface area (Å²) in [6.07, 6.45) is 0. The van der Waals surface area contributed by atoms with Crippen molar-refractivity contribution < 1.29 is 22.7 Å². The van der Waals surface area contributed by atoms with Gasteiger partial charge in [0.1, 0.15) is 5.75 Å². The minimum absolute atomic E-state index is 0.0697. The van der Waals surface area contributed by atoms with Crippen molar-refractivity contribution in [1.29, 1.82) is 0 Å². The van der Waals surface area contributed by atoms with Crippen LogP contribution in [0, 0.1) is 0 Å². The average molecular weight is 328 g/mol. The number of rotatable bonds is 5. The molecule has 1 aliphatic rings. The highest BCUT2D eigenvalue weighted by atomic mass is 32.2. The Hall–Kier alpha value is -1.64. The van der Waals surface area contributed by atoms with E-state index in [2.05, 4.69) is 0 Å². The van der Waals surface area contributed by atoms with Crippen LogP contribution in [0.2, 0.25) is 0 Å². The van der Waals surface area contributed by atoms with E-state index in [0.717, 1.165) is 4.31 Å². The predicted octanol–water partition coefficient (Wildman–Crippen LogP) is 0.175. The van der Waals surface area contributed by atoms with E-state index < -0.39 is 10.0 Å². The molecule has 1 heterocycles. The molecule has 1 aromatic carbocycles. The lowest BCUT2D eigenvalue weighted by atomic mass is 10.3. The molecule has 22 heavy (non-hydrogen) atoms. The van der Waals surface area contributed by atoms with Gasteiger partial charge in [-0.15, -0.1) is 0 Å². The molecule has 122 valence electrons. The first-order valence-electron chi connectivity index (χ1n) is 6.92. The fraction of sp³-hybridized carbons (Fsp3) is 0.500. The lowest BCUT2D eigenvalue weighted by Crippen LogP contribution is -2.42. The molecule has 0 spiro atoms. The van der Waals surface area contributed by atoms with Gasteiger partial charge in [0.2, 0.25) is 10.0 Å². The fourth-order valence-electron chi connectivity index (χ4n) is 1.97. The molecule has 0 radical (unpaired) electrons. The van der Waals surface area contributed by atoms with Gasteiger partial charge < -0.3 is 14.4 Å². The van der Waals surface area contributed by atoms with Crippen LogP contribution in [-0.4, -0.2) is 70.5 Å². The third-order valence-corrected chi connectivity index (χ3v) is 5.16. The number of carbonyl (C=O) groups excluding carboxylic acids is 1. The monoisotopic (exact) mass is 328 g/mol. The van der Waals surface area contributed by atoms with Gasteiger partial charge in [-0.3, -0.25) is 4.79 Å². The lowest BCUT2D eigenvalue weighted by molar-refractivity contribution is -0.137. The molecule has 0 saturated carbocycles. The van der Waals surface area contributed by atoms with Gasteiger partial charge in [-0.05, 0) is 24.3 Å². The van der Waals surface area contributed by atoms with Crippen LogP contribution in [0.3, 0.4) is 0 Å². The maximum atomic E-state index is 11.9. The van der Waals surface area contributed by atoms with Crippen LogP contribution in [0.25, 0.3) is 0 Å². The Balaban J connectivity index is 1.93. The van der Waals surface area contributed by atoms with Gasteiger partial charge >= 0.3 is 0 Å². The zero-order valence-corrected chi connectivity index (χ0v) is 13.5. The Morgan fingerprint density at radius 1 is 1.23 bits per heavy atom. The Bertz CT molecular complexity index is 607. The van der Waals surface area contributed by atoms with E-state index in [1.54, 1.807) is 17.0 Å². The molecule has 0 unspecified atom stereocenters. The molecule has 0 N–H and O–H groups in total.